The van der Waals surface area contributed by atoms with Crippen molar-refractivity contribution in [2.75, 3.05) is 6.61 Å². The van der Waals surface area contributed by atoms with Crippen molar-refractivity contribution in [1.29, 1.82) is 0 Å². The fourth-order valence-corrected chi connectivity index (χ4v) is 1.05. The highest BCUT2D eigenvalue weighted by Gasteiger charge is 2.38. The minimum absolute atomic E-state index is 0.0762. The van der Waals surface area contributed by atoms with E-state index in [4.69, 9.17) is 16.3 Å². The summed E-state index contributed by atoms with van der Waals surface area (Å²) in [5.41, 5.74) is -0.680. The van der Waals surface area contributed by atoms with Crippen LogP contribution < -0.4 is 5.32 Å². The fraction of sp³-hybridized carbons (Fsp3) is 0.833. The Bertz CT molecular complexity index is 162. The monoisotopic (exact) mass is 163 g/mol. The van der Waals surface area contributed by atoms with Crippen LogP contribution in [0.2, 0.25) is 0 Å². The molecule has 0 aliphatic carbocycles. The first-order valence-corrected chi connectivity index (χ1v) is 3.52. The van der Waals surface area contributed by atoms with Crippen molar-refractivity contribution >= 4 is 16.8 Å². The third-order valence-electron chi connectivity index (χ3n) is 1.58. The maximum atomic E-state index is 10.7. The number of hydrogen-bond acceptors (Lipinski definition) is 3. The summed E-state index contributed by atoms with van der Waals surface area (Å²) >= 11 is 5.31. The van der Waals surface area contributed by atoms with Crippen LogP contribution in [-0.2, 0) is 9.53 Å². The Morgan fingerprint density at radius 2 is 2.50 bits per heavy atom. The molecule has 10 heavy (non-hydrogen) atoms. The molecular formula is C6H10ClNO2. The van der Waals surface area contributed by atoms with Gasteiger partial charge in [-0.1, -0.05) is 0 Å². The number of hydrogen-bond donors (Lipinski definition) is 1. The molecule has 0 bridgehead atoms. The van der Waals surface area contributed by atoms with Crippen LogP contribution in [0.5, 0.6) is 0 Å². The number of ether oxygens (including phenoxy) is 1. The first-order valence-electron chi connectivity index (χ1n) is 3.14. The van der Waals surface area contributed by atoms with Crippen LogP contribution in [0.1, 0.15) is 13.8 Å². The molecule has 1 N–H and O–H groups in total. The summed E-state index contributed by atoms with van der Waals surface area (Å²) < 4.78 is 5.11. The van der Waals surface area contributed by atoms with Crippen molar-refractivity contribution in [3.63, 3.8) is 0 Å². The molecule has 1 saturated heterocycles. The lowest BCUT2D eigenvalue weighted by Gasteiger charge is -2.16. The van der Waals surface area contributed by atoms with E-state index in [9.17, 15) is 4.79 Å². The zero-order valence-corrected chi connectivity index (χ0v) is 6.73. The lowest BCUT2D eigenvalue weighted by atomic mass is 10.1. The molecule has 1 fully saturated rings. The summed E-state index contributed by atoms with van der Waals surface area (Å²) in [7, 11) is 0. The molecule has 2 unspecified atom stereocenters. The maximum Gasteiger partial charge on any atom is 0.243 e. The molecule has 3 nitrogen and oxygen atoms in total. The summed E-state index contributed by atoms with van der Waals surface area (Å²) in [6.07, 6.45) is -0.0762. The average Bonchev–Trinajstić information content (AvgIpc) is 2.13. The van der Waals surface area contributed by atoms with Crippen LogP contribution in [0.15, 0.2) is 0 Å². The van der Waals surface area contributed by atoms with Crippen LogP contribution in [0.3, 0.4) is 0 Å². The summed E-state index contributed by atoms with van der Waals surface area (Å²) in [6.45, 7) is 3.92. The minimum Gasteiger partial charge on any atom is -0.361 e. The van der Waals surface area contributed by atoms with Crippen LogP contribution in [0.25, 0.3) is 0 Å². The Labute approximate surface area is 64.7 Å². The van der Waals surface area contributed by atoms with Gasteiger partial charge in [-0.25, -0.2) is 0 Å². The van der Waals surface area contributed by atoms with E-state index in [1.165, 1.54) is 0 Å². The molecule has 1 heterocycles. The van der Waals surface area contributed by atoms with Crippen molar-refractivity contribution in [2.45, 2.75) is 25.6 Å². The molecular weight excluding hydrogens is 154 g/mol. The van der Waals surface area contributed by atoms with E-state index < -0.39 is 10.8 Å². The molecule has 4 heteroatoms. The van der Waals surface area contributed by atoms with Gasteiger partial charge in [0, 0.05) is 0 Å². The topological polar surface area (TPSA) is 38.3 Å². The maximum absolute atomic E-state index is 10.7. The van der Waals surface area contributed by atoms with Gasteiger partial charge in [-0.05, 0) is 25.4 Å². The molecule has 1 rings (SSSR count). The Kier molecular flexibility index (Phi) is 1.99. The number of carbonyl (C=O) groups is 1. The van der Waals surface area contributed by atoms with E-state index in [1.54, 1.807) is 6.92 Å². The van der Waals surface area contributed by atoms with Crippen molar-refractivity contribution in [1.82, 2.24) is 5.32 Å². The molecule has 0 saturated carbocycles. The number of carbonyl (C=O) groups excluding carboxylic acids is 1. The lowest BCUT2D eigenvalue weighted by molar-refractivity contribution is -0.116. The molecule has 1 aliphatic rings. The molecule has 0 radical (unpaired) electrons. The van der Waals surface area contributed by atoms with Crippen LogP contribution in [-0.4, -0.2) is 23.6 Å². The second-order valence-electron chi connectivity index (χ2n) is 2.70. The summed E-state index contributed by atoms with van der Waals surface area (Å²) in [5, 5.41) is 2.53. The molecule has 0 aromatic carbocycles. The smallest absolute Gasteiger partial charge is 0.243 e. The zero-order chi connectivity index (χ0) is 7.78. The van der Waals surface area contributed by atoms with Gasteiger partial charge >= 0.3 is 0 Å². The second-order valence-corrected chi connectivity index (χ2v) is 3.05. The third kappa shape index (κ3) is 1.31. The van der Waals surface area contributed by atoms with Gasteiger partial charge in [0.1, 0.15) is 11.8 Å². The Hall–Kier alpha value is -0.120. The number of halogens is 1. The summed E-state index contributed by atoms with van der Waals surface area (Å²) in [5.74, 6) is 0. The van der Waals surface area contributed by atoms with Gasteiger partial charge in [-0.15, -0.1) is 0 Å². The highest BCUT2D eigenvalue weighted by molar-refractivity contribution is 6.65. The largest absolute Gasteiger partial charge is 0.361 e. The third-order valence-corrected chi connectivity index (χ3v) is 1.99. The van der Waals surface area contributed by atoms with Crippen molar-refractivity contribution in [3.8, 4) is 0 Å². The van der Waals surface area contributed by atoms with Crippen molar-refractivity contribution in [3.05, 3.63) is 0 Å². The zero-order valence-electron chi connectivity index (χ0n) is 5.98. The SMILES string of the molecule is CC1NC(C)(C(=O)Cl)CO1. The Morgan fingerprint density at radius 3 is 2.70 bits per heavy atom. The highest BCUT2D eigenvalue weighted by Crippen LogP contribution is 2.17. The molecule has 0 amide bonds. The van der Waals surface area contributed by atoms with Gasteiger partial charge < -0.3 is 4.74 Å². The quantitative estimate of drug-likeness (QED) is 0.572. The number of nitrogens with one attached hydrogen (secondary N) is 1. The molecule has 0 spiro atoms. The van der Waals surface area contributed by atoms with Crippen LogP contribution in [0.4, 0.5) is 0 Å². The summed E-state index contributed by atoms with van der Waals surface area (Å²) in [4.78, 5) is 10.7. The van der Waals surface area contributed by atoms with Gasteiger partial charge in [0.2, 0.25) is 5.24 Å². The highest BCUT2D eigenvalue weighted by atomic mass is 35.5. The first-order chi connectivity index (χ1) is 4.54. The van der Waals surface area contributed by atoms with Crippen molar-refractivity contribution < 1.29 is 9.53 Å². The van der Waals surface area contributed by atoms with Crippen LogP contribution in [0, 0.1) is 0 Å². The minimum atomic E-state index is -0.680. The fourth-order valence-electron chi connectivity index (χ4n) is 0.937. The Morgan fingerprint density at radius 1 is 1.90 bits per heavy atom. The predicted molar refractivity (Wildman–Crippen MR) is 37.8 cm³/mol. The van der Waals surface area contributed by atoms with E-state index in [0.717, 1.165) is 0 Å². The van der Waals surface area contributed by atoms with E-state index in [-0.39, 0.29) is 6.23 Å². The molecule has 58 valence electrons. The molecule has 0 aromatic rings. The first kappa shape index (κ1) is 7.98. The molecule has 0 aromatic heterocycles. The molecule has 2 atom stereocenters. The van der Waals surface area contributed by atoms with E-state index in [0.29, 0.717) is 6.61 Å². The molecule has 1 aliphatic heterocycles. The Balaban J connectivity index is 2.63. The van der Waals surface area contributed by atoms with Gasteiger partial charge in [-0.2, -0.15) is 0 Å². The van der Waals surface area contributed by atoms with Gasteiger partial charge in [0.25, 0.3) is 0 Å². The second kappa shape index (κ2) is 2.49. The lowest BCUT2D eigenvalue weighted by Crippen LogP contribution is -2.46. The van der Waals surface area contributed by atoms with Crippen molar-refractivity contribution in [2.24, 2.45) is 0 Å². The van der Waals surface area contributed by atoms with Gasteiger partial charge in [-0.3, -0.25) is 10.1 Å². The normalized spacial score (nSPS) is 40.1. The van der Waals surface area contributed by atoms with E-state index in [2.05, 4.69) is 5.32 Å². The average molecular weight is 164 g/mol. The van der Waals surface area contributed by atoms with Crippen LogP contribution >= 0.6 is 11.6 Å². The standard InChI is InChI=1S/C6H10ClNO2/c1-4-8-6(2,3-10-4)5(7)9/h4,8H,3H2,1-2H3. The van der Waals surface area contributed by atoms with E-state index >= 15 is 0 Å². The van der Waals surface area contributed by atoms with E-state index in [1.807, 2.05) is 6.92 Å². The predicted octanol–water partition coefficient (Wildman–Crippen LogP) is 0.476. The van der Waals surface area contributed by atoms with Gasteiger partial charge in [0.05, 0.1) is 6.61 Å². The number of rotatable bonds is 1. The van der Waals surface area contributed by atoms with Gasteiger partial charge in [0.15, 0.2) is 0 Å². The summed E-state index contributed by atoms with van der Waals surface area (Å²) in [6, 6.07) is 0.